The topological polar surface area (TPSA) is 63.2 Å². The van der Waals surface area contributed by atoms with Crippen LogP contribution in [0.1, 0.15) is 23.2 Å². The van der Waals surface area contributed by atoms with E-state index in [1.807, 2.05) is 0 Å². The first-order valence-electron chi connectivity index (χ1n) is 5.84. The van der Waals surface area contributed by atoms with Crippen LogP contribution in [0, 0.1) is 5.82 Å². The first kappa shape index (κ1) is 14.5. The van der Waals surface area contributed by atoms with Crippen LogP contribution in [0.3, 0.4) is 0 Å². The molecule has 1 aliphatic heterocycles. The summed E-state index contributed by atoms with van der Waals surface area (Å²) < 4.78 is 36.7. The summed E-state index contributed by atoms with van der Waals surface area (Å²) in [6.45, 7) is 0. The van der Waals surface area contributed by atoms with Crippen molar-refractivity contribution in [3.63, 3.8) is 0 Å². The Labute approximate surface area is 119 Å². The monoisotopic (exact) mass is 349 g/mol. The molecule has 1 aromatic rings. The van der Waals surface area contributed by atoms with E-state index in [-0.39, 0.29) is 23.1 Å². The molecule has 104 valence electrons. The molecule has 0 unspecified atom stereocenters. The predicted molar refractivity (Wildman–Crippen MR) is 73.2 cm³/mol. The average molecular weight is 350 g/mol. The van der Waals surface area contributed by atoms with Gasteiger partial charge in [0.1, 0.15) is 15.7 Å². The molecule has 2 rings (SSSR count). The number of amides is 1. The van der Waals surface area contributed by atoms with Crippen LogP contribution in [0.15, 0.2) is 22.7 Å². The van der Waals surface area contributed by atoms with Gasteiger partial charge < -0.3 is 5.32 Å². The molecule has 0 saturated carbocycles. The van der Waals surface area contributed by atoms with Gasteiger partial charge >= 0.3 is 0 Å². The summed E-state index contributed by atoms with van der Waals surface area (Å²) in [5, 5.41) is 2.68. The fourth-order valence-corrected chi connectivity index (χ4v) is 3.82. The number of benzene rings is 1. The van der Waals surface area contributed by atoms with Crippen LogP contribution in [0.4, 0.5) is 4.39 Å². The third-order valence-electron chi connectivity index (χ3n) is 3.06. The molecule has 1 fully saturated rings. The Balaban J connectivity index is 2.04. The number of rotatable bonds is 2. The molecule has 1 heterocycles. The smallest absolute Gasteiger partial charge is 0.254 e. The average Bonchev–Trinajstić information content (AvgIpc) is 2.35. The molecule has 1 aromatic carbocycles. The van der Waals surface area contributed by atoms with E-state index in [2.05, 4.69) is 21.2 Å². The number of carbonyl (C=O) groups excluding carboxylic acids is 1. The van der Waals surface area contributed by atoms with Crippen LogP contribution in [0.25, 0.3) is 0 Å². The van der Waals surface area contributed by atoms with E-state index < -0.39 is 21.6 Å². The summed E-state index contributed by atoms with van der Waals surface area (Å²) in [5.74, 6) is -0.968. The lowest BCUT2D eigenvalue weighted by molar-refractivity contribution is 0.0930. The Morgan fingerprint density at radius 1 is 1.32 bits per heavy atom. The predicted octanol–water partition coefficient (Wildman–Crippen LogP) is 1.90. The van der Waals surface area contributed by atoms with E-state index in [1.165, 1.54) is 18.2 Å². The summed E-state index contributed by atoms with van der Waals surface area (Å²) in [7, 11) is -2.96. The Morgan fingerprint density at radius 2 is 1.95 bits per heavy atom. The number of halogens is 2. The highest BCUT2D eigenvalue weighted by molar-refractivity contribution is 9.10. The zero-order valence-corrected chi connectivity index (χ0v) is 12.4. The molecule has 4 nitrogen and oxygen atoms in total. The van der Waals surface area contributed by atoms with Gasteiger partial charge in [0.2, 0.25) is 0 Å². The molecule has 0 aromatic heterocycles. The first-order valence-corrected chi connectivity index (χ1v) is 8.45. The van der Waals surface area contributed by atoms with Crippen molar-refractivity contribution >= 4 is 31.7 Å². The molecule has 0 atom stereocenters. The first-order chi connectivity index (χ1) is 8.87. The van der Waals surface area contributed by atoms with Crippen LogP contribution in [0.2, 0.25) is 0 Å². The van der Waals surface area contributed by atoms with Crippen molar-refractivity contribution in [2.45, 2.75) is 18.9 Å². The van der Waals surface area contributed by atoms with Crippen molar-refractivity contribution in [2.75, 3.05) is 11.5 Å². The normalized spacial score (nSPS) is 19.1. The molecule has 1 aliphatic rings. The molecule has 0 aliphatic carbocycles. The fourth-order valence-electron chi connectivity index (χ4n) is 1.97. The molecular weight excluding hydrogens is 337 g/mol. The maximum atomic E-state index is 13.5. The number of carbonyl (C=O) groups is 1. The minimum Gasteiger partial charge on any atom is -0.349 e. The van der Waals surface area contributed by atoms with Gasteiger partial charge in [-0.15, -0.1) is 0 Å². The lowest BCUT2D eigenvalue weighted by Crippen LogP contribution is -2.41. The van der Waals surface area contributed by atoms with Crippen LogP contribution in [-0.2, 0) is 9.84 Å². The summed E-state index contributed by atoms with van der Waals surface area (Å²) >= 11 is 3.18. The standard InChI is InChI=1S/C12H13BrFNO3S/c13-8-1-2-11(14)10(7-8)12(16)15-9-3-5-19(17,18)6-4-9/h1-2,7,9H,3-6H2,(H,15,16). The highest BCUT2D eigenvalue weighted by atomic mass is 79.9. The summed E-state index contributed by atoms with van der Waals surface area (Å²) in [4.78, 5) is 11.9. The van der Waals surface area contributed by atoms with Crippen molar-refractivity contribution in [1.29, 1.82) is 0 Å². The number of hydrogen-bond acceptors (Lipinski definition) is 3. The number of nitrogens with one attached hydrogen (secondary N) is 1. The second kappa shape index (κ2) is 5.58. The van der Waals surface area contributed by atoms with Crippen molar-refractivity contribution in [3.05, 3.63) is 34.1 Å². The molecule has 1 saturated heterocycles. The summed E-state index contributed by atoms with van der Waals surface area (Å²) in [6, 6.07) is 3.92. The zero-order chi connectivity index (χ0) is 14.0. The second-order valence-corrected chi connectivity index (χ2v) is 7.74. The zero-order valence-electron chi connectivity index (χ0n) is 10.0. The summed E-state index contributed by atoms with van der Waals surface area (Å²) in [5.41, 5.74) is -0.0391. The fraction of sp³-hybridized carbons (Fsp3) is 0.417. The van der Waals surface area contributed by atoms with Gasteiger partial charge in [0.25, 0.3) is 5.91 Å². The Hall–Kier alpha value is -0.950. The Kier molecular flexibility index (Phi) is 4.25. The van der Waals surface area contributed by atoms with Gasteiger partial charge in [0, 0.05) is 10.5 Å². The SMILES string of the molecule is O=C(NC1CCS(=O)(=O)CC1)c1cc(Br)ccc1F. The van der Waals surface area contributed by atoms with E-state index in [9.17, 15) is 17.6 Å². The lowest BCUT2D eigenvalue weighted by atomic mass is 10.1. The van der Waals surface area contributed by atoms with E-state index in [4.69, 9.17) is 0 Å². The van der Waals surface area contributed by atoms with Crippen LogP contribution >= 0.6 is 15.9 Å². The third-order valence-corrected chi connectivity index (χ3v) is 5.27. The largest absolute Gasteiger partial charge is 0.349 e. The van der Waals surface area contributed by atoms with Crippen LogP contribution in [-0.4, -0.2) is 31.9 Å². The Bertz CT molecular complexity index is 589. The highest BCUT2D eigenvalue weighted by Crippen LogP contribution is 2.17. The molecule has 7 heteroatoms. The molecule has 0 spiro atoms. The number of hydrogen-bond donors (Lipinski definition) is 1. The molecular formula is C12H13BrFNO3S. The van der Waals surface area contributed by atoms with E-state index in [0.717, 1.165) is 0 Å². The molecule has 1 amide bonds. The minimum absolute atomic E-state index is 0.0391. The van der Waals surface area contributed by atoms with Crippen molar-refractivity contribution < 1.29 is 17.6 Å². The molecule has 19 heavy (non-hydrogen) atoms. The van der Waals surface area contributed by atoms with Gasteiger partial charge in [0.05, 0.1) is 17.1 Å². The maximum Gasteiger partial charge on any atom is 0.254 e. The molecule has 0 bridgehead atoms. The molecule has 0 radical (unpaired) electrons. The van der Waals surface area contributed by atoms with Gasteiger partial charge in [-0.25, -0.2) is 12.8 Å². The van der Waals surface area contributed by atoms with Gasteiger partial charge in [-0.05, 0) is 31.0 Å². The van der Waals surface area contributed by atoms with Crippen LogP contribution in [0.5, 0.6) is 0 Å². The second-order valence-electron chi connectivity index (χ2n) is 4.52. The Morgan fingerprint density at radius 3 is 2.58 bits per heavy atom. The minimum atomic E-state index is -2.96. The summed E-state index contributed by atoms with van der Waals surface area (Å²) in [6.07, 6.45) is 0.757. The highest BCUT2D eigenvalue weighted by Gasteiger charge is 2.25. The molecule has 1 N–H and O–H groups in total. The number of sulfone groups is 1. The van der Waals surface area contributed by atoms with Crippen molar-refractivity contribution in [3.8, 4) is 0 Å². The van der Waals surface area contributed by atoms with E-state index in [1.54, 1.807) is 0 Å². The van der Waals surface area contributed by atoms with Crippen molar-refractivity contribution in [2.24, 2.45) is 0 Å². The quantitative estimate of drug-likeness (QED) is 0.886. The van der Waals surface area contributed by atoms with Crippen molar-refractivity contribution in [1.82, 2.24) is 5.32 Å². The van der Waals surface area contributed by atoms with Gasteiger partial charge in [0.15, 0.2) is 0 Å². The van der Waals surface area contributed by atoms with E-state index in [0.29, 0.717) is 17.3 Å². The van der Waals surface area contributed by atoms with Gasteiger partial charge in [-0.1, -0.05) is 15.9 Å². The third kappa shape index (κ3) is 3.76. The van der Waals surface area contributed by atoms with Gasteiger partial charge in [-0.2, -0.15) is 0 Å². The van der Waals surface area contributed by atoms with Gasteiger partial charge in [-0.3, -0.25) is 4.79 Å². The maximum absolute atomic E-state index is 13.5. The van der Waals surface area contributed by atoms with Crippen LogP contribution < -0.4 is 5.32 Å². The van der Waals surface area contributed by atoms with E-state index >= 15 is 0 Å². The lowest BCUT2D eigenvalue weighted by Gasteiger charge is -2.23.